The zero-order valence-electron chi connectivity index (χ0n) is 29.1. The van der Waals surface area contributed by atoms with Crippen LogP contribution in [0.5, 0.6) is 0 Å². The molecule has 0 radical (unpaired) electrons. The molecular weight excluding hydrogens is 673 g/mol. The lowest BCUT2D eigenvalue weighted by atomic mass is 9.85. The second-order valence-electron chi connectivity index (χ2n) is 14.3. The molecule has 0 fully saturated rings. The topological polar surface area (TPSA) is 13.1 Å². The monoisotopic (exact) mass is 702 g/mol. The number of thiophene rings is 1. The van der Waals surface area contributed by atoms with Crippen LogP contribution in [0, 0.1) is 0 Å². The zero-order valence-corrected chi connectivity index (χ0v) is 30.0. The highest BCUT2D eigenvalue weighted by molar-refractivity contribution is 7.27. The molecule has 0 N–H and O–H groups in total. The van der Waals surface area contributed by atoms with Gasteiger partial charge in [0.15, 0.2) is 0 Å². The van der Waals surface area contributed by atoms with Crippen molar-refractivity contribution in [2.75, 3.05) is 0 Å². The van der Waals surface area contributed by atoms with Gasteiger partial charge in [-0.15, -0.1) is 11.3 Å². The van der Waals surface area contributed by atoms with Gasteiger partial charge in [-0.3, -0.25) is 0 Å². The number of rotatable bonds is 3. The standard InChI is InChI=1S/C52H30OS/c1-2-13-32-28-36(25-24-31(32)12-1)48-40-20-7-5-18-38(40)47(39-19-6-8-21-41(39)48)35-16-11-15-33(29-35)44-30-34-14-3-4-17-37(34)49-43-26-27-46-50(51(43)54-52(44)49)42-22-9-10-23-45(42)53-46/h1-30H. The first-order valence-corrected chi connectivity index (χ1v) is 19.3. The summed E-state index contributed by atoms with van der Waals surface area (Å²) in [6, 6.07) is 66.7. The van der Waals surface area contributed by atoms with Crippen molar-refractivity contribution in [1.82, 2.24) is 0 Å². The number of fused-ring (bicyclic) bond motifs is 12. The Balaban J connectivity index is 1.13. The Morgan fingerprint density at radius 1 is 0.315 bits per heavy atom. The maximum absolute atomic E-state index is 6.36. The Hall–Kier alpha value is -6.74. The van der Waals surface area contributed by atoms with Crippen LogP contribution >= 0.6 is 11.3 Å². The average molecular weight is 703 g/mol. The van der Waals surface area contributed by atoms with Gasteiger partial charge in [0.2, 0.25) is 0 Å². The van der Waals surface area contributed by atoms with E-state index in [-0.39, 0.29) is 0 Å². The Morgan fingerprint density at radius 2 is 0.907 bits per heavy atom. The molecule has 12 aromatic rings. The van der Waals surface area contributed by atoms with E-state index in [1.807, 2.05) is 11.3 Å². The van der Waals surface area contributed by atoms with E-state index < -0.39 is 0 Å². The quantitative estimate of drug-likeness (QED) is 0.167. The first kappa shape index (κ1) is 29.8. The van der Waals surface area contributed by atoms with E-state index in [9.17, 15) is 0 Å². The van der Waals surface area contributed by atoms with Crippen LogP contribution in [-0.4, -0.2) is 0 Å². The molecule has 12 rings (SSSR count). The minimum atomic E-state index is 0.932. The molecular formula is C52H30OS. The van der Waals surface area contributed by atoms with E-state index in [0.29, 0.717) is 0 Å². The van der Waals surface area contributed by atoms with Gasteiger partial charge < -0.3 is 4.42 Å². The van der Waals surface area contributed by atoms with E-state index in [1.54, 1.807) is 0 Å². The lowest BCUT2D eigenvalue weighted by molar-refractivity contribution is 0.669. The summed E-state index contributed by atoms with van der Waals surface area (Å²) in [4.78, 5) is 0. The molecule has 250 valence electrons. The highest BCUT2D eigenvalue weighted by Crippen LogP contribution is 2.49. The molecule has 0 atom stereocenters. The van der Waals surface area contributed by atoms with Crippen LogP contribution in [0.2, 0.25) is 0 Å². The third-order valence-corrected chi connectivity index (χ3v) is 12.7. The maximum atomic E-state index is 6.36. The minimum Gasteiger partial charge on any atom is -0.456 e. The fraction of sp³-hybridized carbons (Fsp3) is 0. The van der Waals surface area contributed by atoms with Crippen molar-refractivity contribution in [3.05, 3.63) is 182 Å². The smallest absolute Gasteiger partial charge is 0.136 e. The second kappa shape index (κ2) is 11.4. The maximum Gasteiger partial charge on any atom is 0.136 e. The molecule has 2 aromatic heterocycles. The molecule has 0 saturated heterocycles. The zero-order chi connectivity index (χ0) is 35.3. The minimum absolute atomic E-state index is 0.932. The van der Waals surface area contributed by atoms with Crippen molar-refractivity contribution >= 4 is 96.5 Å². The fourth-order valence-electron chi connectivity index (χ4n) is 9.04. The summed E-state index contributed by atoms with van der Waals surface area (Å²) >= 11 is 1.89. The molecule has 10 aromatic carbocycles. The summed E-state index contributed by atoms with van der Waals surface area (Å²) < 4.78 is 8.94. The van der Waals surface area contributed by atoms with Gasteiger partial charge in [0.1, 0.15) is 11.2 Å². The van der Waals surface area contributed by atoms with Crippen molar-refractivity contribution < 1.29 is 4.42 Å². The number of benzene rings is 10. The Morgan fingerprint density at radius 3 is 1.65 bits per heavy atom. The average Bonchev–Trinajstić information content (AvgIpc) is 3.81. The molecule has 0 saturated carbocycles. The molecule has 0 spiro atoms. The van der Waals surface area contributed by atoms with Gasteiger partial charge in [-0.2, -0.15) is 0 Å². The van der Waals surface area contributed by atoms with Gasteiger partial charge >= 0.3 is 0 Å². The highest BCUT2D eigenvalue weighted by Gasteiger charge is 2.21. The second-order valence-corrected chi connectivity index (χ2v) is 15.4. The van der Waals surface area contributed by atoms with E-state index in [0.717, 1.165) is 11.2 Å². The van der Waals surface area contributed by atoms with Crippen LogP contribution in [0.15, 0.2) is 186 Å². The summed E-state index contributed by atoms with van der Waals surface area (Å²) in [5, 5.41) is 15.1. The van der Waals surface area contributed by atoms with Crippen molar-refractivity contribution in [2.24, 2.45) is 0 Å². The number of furan rings is 1. The Labute approximate surface area is 314 Å². The van der Waals surface area contributed by atoms with Gasteiger partial charge in [-0.1, -0.05) is 146 Å². The third kappa shape index (κ3) is 4.26. The van der Waals surface area contributed by atoms with Crippen LogP contribution < -0.4 is 0 Å². The van der Waals surface area contributed by atoms with Crippen LogP contribution in [0.1, 0.15) is 0 Å². The molecule has 0 aliphatic carbocycles. The van der Waals surface area contributed by atoms with E-state index in [4.69, 9.17) is 4.42 Å². The molecule has 0 amide bonds. The summed E-state index contributed by atoms with van der Waals surface area (Å²) in [6.45, 7) is 0. The molecule has 2 heteroatoms. The largest absolute Gasteiger partial charge is 0.456 e. The third-order valence-electron chi connectivity index (χ3n) is 11.4. The summed E-state index contributed by atoms with van der Waals surface area (Å²) in [5.41, 5.74) is 9.36. The molecule has 0 bridgehead atoms. The first-order valence-electron chi connectivity index (χ1n) is 18.5. The first-order chi connectivity index (χ1) is 26.8. The molecule has 1 nitrogen and oxygen atoms in total. The van der Waals surface area contributed by atoms with Gasteiger partial charge in [-0.05, 0) is 107 Å². The molecule has 2 heterocycles. The molecule has 0 aliphatic heterocycles. The molecule has 54 heavy (non-hydrogen) atoms. The number of hydrogen-bond donors (Lipinski definition) is 0. The number of hydrogen-bond acceptors (Lipinski definition) is 2. The molecule has 0 aliphatic rings. The van der Waals surface area contributed by atoms with E-state index >= 15 is 0 Å². The lowest BCUT2D eigenvalue weighted by Crippen LogP contribution is -1.91. The van der Waals surface area contributed by atoms with E-state index in [1.165, 1.54) is 107 Å². The van der Waals surface area contributed by atoms with Crippen molar-refractivity contribution in [3.8, 4) is 33.4 Å². The van der Waals surface area contributed by atoms with E-state index in [2.05, 4.69) is 182 Å². The van der Waals surface area contributed by atoms with Crippen LogP contribution in [0.3, 0.4) is 0 Å². The Bertz CT molecular complexity index is 3450. The molecule has 0 unspecified atom stereocenters. The van der Waals surface area contributed by atoms with Crippen LogP contribution in [0.4, 0.5) is 0 Å². The van der Waals surface area contributed by atoms with Crippen molar-refractivity contribution in [1.29, 1.82) is 0 Å². The van der Waals surface area contributed by atoms with Crippen molar-refractivity contribution in [3.63, 3.8) is 0 Å². The van der Waals surface area contributed by atoms with Gasteiger partial charge in [0.25, 0.3) is 0 Å². The van der Waals surface area contributed by atoms with Crippen LogP contribution in [-0.2, 0) is 0 Å². The SMILES string of the molecule is c1cc(-c2c3ccccc3c(-c3ccc4ccccc4c3)c3ccccc23)cc(-c2cc3ccccc3c3c2sc2c3ccc3oc4ccccc4c32)c1. The van der Waals surface area contributed by atoms with Crippen molar-refractivity contribution in [2.45, 2.75) is 0 Å². The normalized spacial score (nSPS) is 12.1. The Kier molecular flexibility index (Phi) is 6.28. The van der Waals surface area contributed by atoms with Crippen LogP contribution in [0.25, 0.3) is 119 Å². The summed E-state index contributed by atoms with van der Waals surface area (Å²) in [5.74, 6) is 0. The summed E-state index contributed by atoms with van der Waals surface area (Å²) in [6.07, 6.45) is 0. The predicted octanol–water partition coefficient (Wildman–Crippen LogP) is 15.6. The lowest BCUT2D eigenvalue weighted by Gasteiger charge is -2.18. The predicted molar refractivity (Wildman–Crippen MR) is 233 cm³/mol. The number of para-hydroxylation sites is 1. The fourth-order valence-corrected chi connectivity index (χ4v) is 10.4. The van der Waals surface area contributed by atoms with Gasteiger partial charge in [-0.25, -0.2) is 0 Å². The van der Waals surface area contributed by atoms with Gasteiger partial charge in [0.05, 0.1) is 0 Å². The summed E-state index contributed by atoms with van der Waals surface area (Å²) in [7, 11) is 0. The highest BCUT2D eigenvalue weighted by atomic mass is 32.1. The van der Waals surface area contributed by atoms with Gasteiger partial charge in [0, 0.05) is 36.5 Å².